The zero-order valence-electron chi connectivity index (χ0n) is 79.1. The highest BCUT2D eigenvalue weighted by molar-refractivity contribution is 6.05. The molecule has 0 aromatic carbocycles. The largest absolute Gasteiger partial charge is 0.480 e. The summed E-state index contributed by atoms with van der Waals surface area (Å²) in [5.74, 6) is -21.3. The number of nitrogens with one attached hydrogen (secondary N) is 17. The van der Waals surface area contributed by atoms with Gasteiger partial charge in [0.05, 0.1) is 6.54 Å². The van der Waals surface area contributed by atoms with E-state index in [4.69, 9.17) is 17.2 Å². The third-order valence-corrected chi connectivity index (χ3v) is 21.3. The third-order valence-electron chi connectivity index (χ3n) is 21.3. The Kier molecular flexibility index (Phi) is 39.5. The predicted molar refractivity (Wildman–Crippen MR) is 465 cm³/mol. The first-order chi connectivity index (χ1) is 58.5. The molecule has 46 heteroatoms. The fourth-order valence-corrected chi connectivity index (χ4v) is 13.2. The molecular formula is C83H140N22O24. The van der Waals surface area contributed by atoms with E-state index in [0.717, 1.165) is 0 Å². The summed E-state index contributed by atoms with van der Waals surface area (Å²) in [6, 6.07) is -11.0. The van der Waals surface area contributed by atoms with Gasteiger partial charge in [-0.25, -0.2) is 4.79 Å². The number of carbonyl (C=O) groups is 23. The molecule has 129 heavy (non-hydrogen) atoms. The molecule has 0 saturated carbocycles. The van der Waals surface area contributed by atoms with E-state index in [9.17, 15) is 115 Å². The van der Waals surface area contributed by atoms with Crippen molar-refractivity contribution in [3.05, 3.63) is 0 Å². The van der Waals surface area contributed by atoms with Crippen LogP contribution in [0.5, 0.6) is 0 Å². The van der Waals surface area contributed by atoms with Gasteiger partial charge in [0.2, 0.25) is 130 Å². The van der Waals surface area contributed by atoms with E-state index in [2.05, 4.69) is 90.4 Å². The minimum Gasteiger partial charge on any atom is -0.480 e. The Labute approximate surface area is 751 Å². The Morgan fingerprint density at radius 1 is 0.341 bits per heavy atom. The van der Waals surface area contributed by atoms with Crippen molar-refractivity contribution in [3.63, 3.8) is 0 Å². The molecule has 0 bridgehead atoms. The highest BCUT2D eigenvalue weighted by Gasteiger charge is 2.49. The molecule has 0 aliphatic carbocycles. The lowest BCUT2D eigenvalue weighted by atomic mass is 9.96. The van der Waals surface area contributed by atoms with E-state index in [0.29, 0.717) is 12.8 Å². The molecule has 2 saturated heterocycles. The van der Waals surface area contributed by atoms with Crippen LogP contribution in [0.3, 0.4) is 0 Å². The predicted octanol–water partition coefficient (Wildman–Crippen LogP) is -5.44. The van der Waals surface area contributed by atoms with Crippen molar-refractivity contribution in [2.45, 2.75) is 354 Å². The van der Waals surface area contributed by atoms with Crippen LogP contribution in [0.1, 0.15) is 251 Å². The van der Waals surface area contributed by atoms with Crippen LogP contribution in [0, 0.1) is 11.8 Å². The number of nitrogens with zero attached hydrogens (tertiary/aromatic N) is 2. The van der Waals surface area contributed by atoms with Crippen molar-refractivity contribution < 1.29 is 115 Å². The molecule has 0 radical (unpaired) electrons. The average molecular weight is 1830 g/mol. The standard InChI is InChI=1S/C83H140N22O24/c1-41(2)39-48(92-66(122)76(11,12)97-58(113)46(32-35-52(85)108)91-68(124)78(15,16)101-70(126)80(19,20)96-56(111)43(5)88-65(121)75(9,10)99-61(116)50-30-28-38-105(50)72(128)82(23,24)94-44(6)106)59(114)98-74(7,8)64(120)87-40-54(110)95-79(17,18)69(125)103-83(25,26)73(129)104-37-27-29-49(104)60(115)93-55(42(3)4)62(117)100-81(21,22)71(127)102-77(13,14)67(123)90-45(31-34-51(84)107)57(112)89-47(63(118)119)33-36-53(86)109/h41-43,45-50,55H,27-40H2,1-26H3,(H2,84,107)(H2,85,108)(H2,86,109)(H,87,120)(H,88,121)(H,89,112)(H,90,123)(H,91,124)(H,92,122)(H,93,115)(H,94,106)(H,95,110)(H,96,111)(H,97,113)(H,98,114)(H,99,116)(H,100,117)(H,101,126)(H,102,127)(H,103,125)(H,118,119)/t43-,45-,46-,47-,48-,49-,50-,55-/m0/s1. The summed E-state index contributed by atoms with van der Waals surface area (Å²) >= 11 is 0. The van der Waals surface area contributed by atoms with Crippen LogP contribution in [-0.4, -0.2) is 274 Å². The van der Waals surface area contributed by atoms with Gasteiger partial charge in [0.15, 0.2) is 0 Å². The first kappa shape index (κ1) is 113. The fourth-order valence-electron chi connectivity index (χ4n) is 13.2. The second-order valence-electron chi connectivity index (χ2n) is 38.8. The van der Waals surface area contributed by atoms with Crippen LogP contribution >= 0.6 is 0 Å². The second-order valence-corrected chi connectivity index (χ2v) is 38.8. The summed E-state index contributed by atoms with van der Waals surface area (Å²) in [4.78, 5) is 311. The van der Waals surface area contributed by atoms with Gasteiger partial charge in [-0.05, 0) is 209 Å². The minimum absolute atomic E-state index is 0.0261. The molecule has 0 aromatic rings. The van der Waals surface area contributed by atoms with E-state index in [-0.39, 0.29) is 38.3 Å². The average Bonchev–Trinajstić information content (AvgIpc) is 1.54. The van der Waals surface area contributed by atoms with E-state index >= 15 is 0 Å². The monoisotopic (exact) mass is 1830 g/mol. The number of nitrogens with two attached hydrogens (primary N) is 3. The lowest BCUT2D eigenvalue weighted by Gasteiger charge is -2.36. The van der Waals surface area contributed by atoms with Crippen molar-refractivity contribution in [3.8, 4) is 0 Å². The molecule has 0 spiro atoms. The van der Waals surface area contributed by atoms with E-state index in [1.54, 1.807) is 27.7 Å². The molecule has 726 valence electrons. The molecule has 2 rings (SSSR count). The van der Waals surface area contributed by atoms with Gasteiger partial charge in [0.1, 0.15) is 104 Å². The summed E-state index contributed by atoms with van der Waals surface area (Å²) in [6.07, 6.45) is -1.45. The summed E-state index contributed by atoms with van der Waals surface area (Å²) in [5, 5.41) is 52.3. The molecule has 2 aliphatic heterocycles. The molecule has 2 aliphatic rings. The van der Waals surface area contributed by atoms with Crippen molar-refractivity contribution in [1.82, 2.24) is 100 Å². The molecule has 2 heterocycles. The first-order valence-electron chi connectivity index (χ1n) is 42.5. The molecule has 0 aromatic heterocycles. The van der Waals surface area contributed by atoms with Gasteiger partial charge >= 0.3 is 5.97 Å². The Balaban J connectivity index is 2.14. The van der Waals surface area contributed by atoms with Crippen LogP contribution in [0.15, 0.2) is 0 Å². The highest BCUT2D eigenvalue weighted by atomic mass is 16.4. The number of carbonyl (C=O) groups excluding carboxylic acids is 22. The zero-order chi connectivity index (χ0) is 100. The normalized spacial score (nSPS) is 16.0. The van der Waals surface area contributed by atoms with Gasteiger partial charge in [0.25, 0.3) is 0 Å². The quantitative estimate of drug-likeness (QED) is 0.0270. The SMILES string of the molecule is CC(=O)NC(C)(C)C(=O)N1CCC[C@H]1C(=O)NC(C)(C)C(=O)N[C@@H](C)C(=O)NC(C)(C)C(=O)NC(C)(C)C(=O)N[C@@H](CCC(N)=O)C(=O)NC(C)(C)C(=O)N[C@@H](CC(C)C)C(=O)NC(C)(C)C(=O)NCC(=O)NC(C)(C)C(=O)NC(C)(C)C(=O)N1CCC[C@H]1C(=O)N[C@H](C(=O)NC(C)(C)C(=O)NC(C)(C)C(=O)N[C@@H](CCC(N)=O)C(=O)N[C@@H](CCC(N)=O)C(=O)O)C(C)C. The third kappa shape index (κ3) is 34.1. The number of hydrogen-bond donors (Lipinski definition) is 21. The Hall–Kier alpha value is -12.2. The number of aliphatic carboxylic acids is 1. The fraction of sp³-hybridized carbons (Fsp3) is 0.723. The zero-order valence-corrected chi connectivity index (χ0v) is 79.1. The van der Waals surface area contributed by atoms with Crippen LogP contribution in [0.25, 0.3) is 0 Å². The van der Waals surface area contributed by atoms with Crippen molar-refractivity contribution in [2.75, 3.05) is 19.6 Å². The van der Waals surface area contributed by atoms with E-state index in [1.807, 2.05) is 0 Å². The maximum absolute atomic E-state index is 14.4. The molecule has 0 unspecified atom stereocenters. The van der Waals surface area contributed by atoms with Crippen LogP contribution in [0.2, 0.25) is 0 Å². The molecule has 46 nitrogen and oxygen atoms in total. The summed E-state index contributed by atoms with van der Waals surface area (Å²) in [6.45, 7) is 35.0. The van der Waals surface area contributed by atoms with Crippen molar-refractivity contribution in [2.24, 2.45) is 29.0 Å². The number of hydrogen-bond acceptors (Lipinski definition) is 23. The number of amides is 22. The van der Waals surface area contributed by atoms with E-state index < -0.39 is 291 Å². The Morgan fingerprint density at radius 3 is 1.07 bits per heavy atom. The van der Waals surface area contributed by atoms with E-state index in [1.165, 1.54) is 162 Å². The highest BCUT2D eigenvalue weighted by Crippen LogP contribution is 2.26. The summed E-state index contributed by atoms with van der Waals surface area (Å²) in [7, 11) is 0. The smallest absolute Gasteiger partial charge is 0.326 e. The first-order valence-corrected chi connectivity index (χ1v) is 42.5. The summed E-state index contributed by atoms with van der Waals surface area (Å²) < 4.78 is 0. The number of rotatable bonds is 48. The molecule has 8 atom stereocenters. The van der Waals surface area contributed by atoms with Gasteiger partial charge in [0, 0.05) is 39.3 Å². The molecular weight excluding hydrogens is 1690 g/mol. The molecule has 22 amide bonds. The van der Waals surface area contributed by atoms with Gasteiger partial charge in [-0.15, -0.1) is 0 Å². The lowest BCUT2D eigenvalue weighted by molar-refractivity contribution is -0.146. The number of primary amides is 3. The molecule has 2 fully saturated rings. The molecule has 24 N–H and O–H groups in total. The van der Waals surface area contributed by atoms with Crippen LogP contribution < -0.4 is 108 Å². The maximum atomic E-state index is 14.4. The van der Waals surface area contributed by atoms with Gasteiger partial charge < -0.3 is 122 Å². The van der Waals surface area contributed by atoms with Crippen LogP contribution in [-0.2, 0) is 110 Å². The van der Waals surface area contributed by atoms with Crippen LogP contribution in [0.4, 0.5) is 0 Å². The van der Waals surface area contributed by atoms with Gasteiger partial charge in [-0.2, -0.15) is 0 Å². The van der Waals surface area contributed by atoms with Crippen molar-refractivity contribution in [1.29, 1.82) is 0 Å². The lowest BCUT2D eigenvalue weighted by Crippen LogP contribution is -2.66. The summed E-state index contributed by atoms with van der Waals surface area (Å²) in [5.41, 5.74) is -1.84. The van der Waals surface area contributed by atoms with Gasteiger partial charge in [-0.3, -0.25) is 105 Å². The second kappa shape index (κ2) is 45.2. The number of carboxylic acids is 1. The number of likely N-dealkylation sites (tertiary alicyclic amines) is 2. The van der Waals surface area contributed by atoms with Crippen molar-refractivity contribution >= 4 is 136 Å². The Morgan fingerprint density at radius 2 is 0.667 bits per heavy atom. The Bertz CT molecular complexity index is 4300. The topological polar surface area (TPSA) is 702 Å². The minimum atomic E-state index is -1.91. The van der Waals surface area contributed by atoms with Gasteiger partial charge in [-0.1, -0.05) is 27.7 Å². The number of carboxylic acid groups (broad SMARTS) is 1. The maximum Gasteiger partial charge on any atom is 0.326 e.